The topological polar surface area (TPSA) is 90.4 Å². The summed E-state index contributed by atoms with van der Waals surface area (Å²) < 4.78 is 56.3. The molecule has 0 atom stereocenters. The van der Waals surface area contributed by atoms with Crippen LogP contribution in [-0.4, -0.2) is 8.42 Å². The Labute approximate surface area is 164 Å². The van der Waals surface area contributed by atoms with Gasteiger partial charge in [-0.3, -0.25) is 4.79 Å². The van der Waals surface area contributed by atoms with Gasteiger partial charge in [-0.05, 0) is 54.1 Å². The third-order valence-corrected chi connectivity index (χ3v) is 5.34. The number of nitrogens with two attached hydrogens (primary N) is 1. The Morgan fingerprint density at radius 2 is 1.52 bits per heavy atom. The zero-order valence-electron chi connectivity index (χ0n) is 14.7. The minimum atomic E-state index is -3.91. The van der Waals surface area contributed by atoms with Gasteiger partial charge >= 0.3 is 0 Å². The van der Waals surface area contributed by atoms with Crippen LogP contribution < -0.4 is 10.6 Å². The van der Waals surface area contributed by atoms with Crippen LogP contribution in [0.1, 0.15) is 0 Å². The molecule has 0 aliphatic heterocycles. The lowest BCUT2D eigenvalue weighted by atomic mass is 9.98. The van der Waals surface area contributed by atoms with Crippen molar-refractivity contribution in [2.24, 2.45) is 5.14 Å². The normalized spacial score (nSPS) is 11.7. The predicted octanol–water partition coefficient (Wildman–Crippen LogP) is 4.05. The lowest BCUT2D eigenvalue weighted by Crippen LogP contribution is -2.12. The number of benzene rings is 3. The molecule has 0 aliphatic rings. The zero-order valence-corrected chi connectivity index (χ0v) is 15.5. The van der Waals surface area contributed by atoms with Crippen LogP contribution in [0.15, 0.2) is 80.8 Å². The molecule has 0 spiro atoms. The van der Waals surface area contributed by atoms with Crippen molar-refractivity contribution >= 4 is 21.0 Å². The minimum absolute atomic E-state index is 0.0145. The number of hydrogen-bond donors (Lipinski definition) is 1. The predicted molar refractivity (Wildman–Crippen MR) is 105 cm³/mol. The van der Waals surface area contributed by atoms with Crippen LogP contribution in [0.2, 0.25) is 0 Å². The molecule has 146 valence electrons. The molecule has 4 aromatic rings. The standard InChI is InChI=1S/C21H13F2NO4S/c22-14-3-1-2-13(10-14)19-20(25)17-9-6-15(23)11-18(17)28-21(19)12-4-7-16(8-5-12)29(24,26)27/h1-11H,(H2,24,26,27). The first-order valence-corrected chi connectivity index (χ1v) is 9.94. The van der Waals surface area contributed by atoms with E-state index in [1.54, 1.807) is 6.07 Å². The minimum Gasteiger partial charge on any atom is -0.455 e. The molecule has 3 aromatic carbocycles. The summed E-state index contributed by atoms with van der Waals surface area (Å²) in [5, 5.41) is 5.25. The van der Waals surface area contributed by atoms with Crippen molar-refractivity contribution < 1.29 is 21.6 Å². The van der Waals surface area contributed by atoms with Gasteiger partial charge in [0.2, 0.25) is 15.5 Å². The average molecular weight is 413 g/mol. The molecule has 0 radical (unpaired) electrons. The number of hydrogen-bond acceptors (Lipinski definition) is 4. The quantitative estimate of drug-likeness (QED) is 0.549. The molecule has 8 heteroatoms. The van der Waals surface area contributed by atoms with Crippen molar-refractivity contribution in [2.75, 3.05) is 0 Å². The molecule has 4 rings (SSSR count). The fourth-order valence-corrected chi connectivity index (χ4v) is 3.59. The zero-order chi connectivity index (χ0) is 20.8. The number of fused-ring (bicyclic) bond motifs is 1. The van der Waals surface area contributed by atoms with Crippen LogP contribution in [-0.2, 0) is 10.0 Å². The summed E-state index contributed by atoms with van der Waals surface area (Å²) in [6.45, 7) is 0. The summed E-state index contributed by atoms with van der Waals surface area (Å²) in [5.74, 6) is -1.08. The van der Waals surface area contributed by atoms with Crippen LogP contribution in [0.3, 0.4) is 0 Å². The van der Waals surface area contributed by atoms with E-state index in [0.29, 0.717) is 5.56 Å². The molecule has 0 saturated heterocycles. The highest BCUT2D eigenvalue weighted by atomic mass is 32.2. The Hall–Kier alpha value is -3.36. The summed E-state index contributed by atoms with van der Waals surface area (Å²) in [6, 6.07) is 14.3. The summed E-state index contributed by atoms with van der Waals surface area (Å²) in [5.41, 5.74) is 0.241. The van der Waals surface area contributed by atoms with Gasteiger partial charge in [0.15, 0.2) is 0 Å². The molecule has 0 saturated carbocycles. The first kappa shape index (κ1) is 19.0. The van der Waals surface area contributed by atoms with E-state index in [9.17, 15) is 22.0 Å². The molecular formula is C21H13F2NO4S. The molecule has 0 unspecified atom stereocenters. The lowest BCUT2D eigenvalue weighted by molar-refractivity contribution is 0.596. The molecule has 0 bridgehead atoms. The largest absolute Gasteiger partial charge is 0.455 e. The van der Waals surface area contributed by atoms with Gasteiger partial charge in [0, 0.05) is 11.6 Å². The first-order chi connectivity index (χ1) is 13.7. The second-order valence-corrected chi connectivity index (χ2v) is 7.92. The fourth-order valence-electron chi connectivity index (χ4n) is 3.07. The fraction of sp³-hybridized carbons (Fsp3) is 0. The number of halogens is 2. The summed E-state index contributed by atoms with van der Waals surface area (Å²) in [4.78, 5) is 13.0. The van der Waals surface area contributed by atoms with Crippen molar-refractivity contribution in [3.63, 3.8) is 0 Å². The van der Waals surface area contributed by atoms with Gasteiger partial charge in [0.1, 0.15) is 23.0 Å². The monoisotopic (exact) mass is 413 g/mol. The molecule has 0 fully saturated rings. The highest BCUT2D eigenvalue weighted by molar-refractivity contribution is 7.89. The summed E-state index contributed by atoms with van der Waals surface area (Å²) >= 11 is 0. The van der Waals surface area contributed by atoms with E-state index in [2.05, 4.69) is 0 Å². The van der Waals surface area contributed by atoms with Crippen molar-refractivity contribution in [3.8, 4) is 22.5 Å². The third kappa shape index (κ3) is 3.55. The van der Waals surface area contributed by atoms with Crippen molar-refractivity contribution in [1.82, 2.24) is 0 Å². The van der Waals surface area contributed by atoms with Gasteiger partial charge < -0.3 is 4.42 Å². The first-order valence-electron chi connectivity index (χ1n) is 8.39. The Kier molecular flexibility index (Phi) is 4.52. The number of primary sulfonamides is 1. The molecule has 2 N–H and O–H groups in total. The van der Waals surface area contributed by atoms with Gasteiger partial charge in [0.25, 0.3) is 0 Å². The van der Waals surface area contributed by atoms with Crippen LogP contribution >= 0.6 is 0 Å². The van der Waals surface area contributed by atoms with Gasteiger partial charge in [-0.25, -0.2) is 22.3 Å². The molecule has 1 aromatic heterocycles. The molecule has 0 aliphatic carbocycles. The SMILES string of the molecule is NS(=O)(=O)c1ccc(-c2oc3cc(F)ccc3c(=O)c2-c2cccc(F)c2)cc1. The molecule has 1 heterocycles. The van der Waals surface area contributed by atoms with Gasteiger partial charge in [-0.1, -0.05) is 12.1 Å². The average Bonchev–Trinajstić information content (AvgIpc) is 2.67. The summed E-state index contributed by atoms with van der Waals surface area (Å²) in [7, 11) is -3.91. The maximum atomic E-state index is 13.8. The van der Waals surface area contributed by atoms with E-state index in [1.807, 2.05) is 0 Å². The smallest absolute Gasteiger partial charge is 0.238 e. The van der Waals surface area contributed by atoms with Crippen molar-refractivity contribution in [1.29, 1.82) is 0 Å². The summed E-state index contributed by atoms with van der Waals surface area (Å²) in [6.07, 6.45) is 0. The highest BCUT2D eigenvalue weighted by Gasteiger charge is 2.19. The molecular weight excluding hydrogens is 400 g/mol. The Balaban J connectivity index is 2.06. The second kappa shape index (κ2) is 6.91. The van der Waals surface area contributed by atoms with Gasteiger partial charge in [-0.2, -0.15) is 0 Å². The Morgan fingerprint density at radius 1 is 0.828 bits per heavy atom. The van der Waals surface area contributed by atoms with E-state index in [-0.39, 0.29) is 32.8 Å². The van der Waals surface area contributed by atoms with E-state index in [0.717, 1.165) is 12.1 Å². The van der Waals surface area contributed by atoms with Crippen LogP contribution in [0.5, 0.6) is 0 Å². The van der Waals surface area contributed by atoms with Gasteiger partial charge in [0.05, 0.1) is 15.8 Å². The maximum Gasteiger partial charge on any atom is 0.238 e. The third-order valence-electron chi connectivity index (χ3n) is 4.41. The van der Waals surface area contributed by atoms with Gasteiger partial charge in [-0.15, -0.1) is 0 Å². The molecule has 0 amide bonds. The van der Waals surface area contributed by atoms with E-state index in [4.69, 9.17) is 9.56 Å². The number of rotatable bonds is 3. The Morgan fingerprint density at radius 3 is 2.17 bits per heavy atom. The van der Waals surface area contributed by atoms with Crippen LogP contribution in [0.25, 0.3) is 33.4 Å². The lowest BCUT2D eigenvalue weighted by Gasteiger charge is -2.11. The molecule has 29 heavy (non-hydrogen) atoms. The molecule has 5 nitrogen and oxygen atoms in total. The Bertz CT molecular complexity index is 1410. The van der Waals surface area contributed by atoms with Crippen LogP contribution in [0.4, 0.5) is 8.78 Å². The highest BCUT2D eigenvalue weighted by Crippen LogP contribution is 2.33. The maximum absolute atomic E-state index is 13.8. The van der Waals surface area contributed by atoms with E-state index in [1.165, 1.54) is 48.5 Å². The van der Waals surface area contributed by atoms with Crippen LogP contribution in [0, 0.1) is 11.6 Å². The van der Waals surface area contributed by atoms with Crippen molar-refractivity contribution in [3.05, 3.63) is 88.6 Å². The second-order valence-electron chi connectivity index (χ2n) is 6.36. The van der Waals surface area contributed by atoms with E-state index < -0.39 is 27.1 Å². The number of sulfonamides is 1. The van der Waals surface area contributed by atoms with Crippen molar-refractivity contribution in [2.45, 2.75) is 4.90 Å². The van der Waals surface area contributed by atoms with E-state index >= 15 is 0 Å².